The van der Waals surface area contributed by atoms with E-state index >= 15 is 0 Å². The van der Waals surface area contributed by atoms with Crippen LogP contribution in [0, 0.1) is 5.92 Å². The lowest BCUT2D eigenvalue weighted by Crippen LogP contribution is -2.48. The fraction of sp³-hybridized carbons (Fsp3) is 0.600. The van der Waals surface area contributed by atoms with Gasteiger partial charge >= 0.3 is 0 Å². The highest BCUT2D eigenvalue weighted by molar-refractivity contribution is 7.86. The number of nitrogens with two attached hydrogens (primary N) is 1. The standard InChI is InChI=1S/C15H23N3O2S/c1-12-5-8-17(9-6-12)21(19,20)18-10-7-13-3-2-4-15(16)14(13)11-18/h2-4,12H,5-11,16H2,1H3. The number of nitrogens with zero attached hydrogens (tertiary/aromatic N) is 2. The lowest BCUT2D eigenvalue weighted by Gasteiger charge is -2.36. The van der Waals surface area contributed by atoms with E-state index in [9.17, 15) is 8.42 Å². The highest BCUT2D eigenvalue weighted by atomic mass is 32.2. The van der Waals surface area contributed by atoms with Crippen molar-refractivity contribution >= 4 is 15.9 Å². The highest BCUT2D eigenvalue weighted by Crippen LogP contribution is 2.28. The second-order valence-corrected chi connectivity index (χ2v) is 8.09. The summed E-state index contributed by atoms with van der Waals surface area (Å²) in [6, 6.07) is 5.82. The number of anilines is 1. The molecule has 2 heterocycles. The van der Waals surface area contributed by atoms with Gasteiger partial charge in [0.15, 0.2) is 0 Å². The summed E-state index contributed by atoms with van der Waals surface area (Å²) in [5.74, 6) is 0.620. The molecule has 0 aromatic heterocycles. The van der Waals surface area contributed by atoms with Gasteiger partial charge in [0, 0.05) is 31.9 Å². The van der Waals surface area contributed by atoms with E-state index in [2.05, 4.69) is 6.92 Å². The first kappa shape index (κ1) is 14.8. The smallest absolute Gasteiger partial charge is 0.282 e. The van der Waals surface area contributed by atoms with Crippen molar-refractivity contribution in [3.63, 3.8) is 0 Å². The number of hydrogen-bond acceptors (Lipinski definition) is 3. The maximum atomic E-state index is 12.8. The molecule has 1 fully saturated rings. The molecule has 0 aliphatic carbocycles. The van der Waals surface area contributed by atoms with E-state index in [0.29, 0.717) is 37.8 Å². The average molecular weight is 309 g/mol. The summed E-state index contributed by atoms with van der Waals surface area (Å²) in [6.45, 7) is 4.40. The zero-order chi connectivity index (χ0) is 15.0. The molecule has 0 spiro atoms. The Kier molecular flexibility index (Phi) is 3.94. The van der Waals surface area contributed by atoms with Crippen LogP contribution in [0.5, 0.6) is 0 Å². The molecule has 0 amide bonds. The first-order valence-electron chi connectivity index (χ1n) is 7.60. The minimum Gasteiger partial charge on any atom is -0.398 e. The first-order chi connectivity index (χ1) is 9.98. The Bertz CT molecular complexity index is 622. The van der Waals surface area contributed by atoms with Crippen molar-refractivity contribution in [2.45, 2.75) is 32.7 Å². The molecule has 0 bridgehead atoms. The number of rotatable bonds is 2. The summed E-state index contributed by atoms with van der Waals surface area (Å²) in [7, 11) is -3.36. The third-order valence-electron chi connectivity index (χ3n) is 4.67. The molecule has 6 heteroatoms. The Balaban J connectivity index is 1.80. The average Bonchev–Trinajstić information content (AvgIpc) is 2.48. The zero-order valence-electron chi connectivity index (χ0n) is 12.5. The number of benzene rings is 1. The molecule has 1 aromatic rings. The largest absolute Gasteiger partial charge is 0.398 e. The molecule has 1 saturated heterocycles. The molecule has 3 rings (SSSR count). The van der Waals surface area contributed by atoms with Crippen LogP contribution in [0.15, 0.2) is 18.2 Å². The molecule has 21 heavy (non-hydrogen) atoms. The van der Waals surface area contributed by atoms with Gasteiger partial charge in [-0.15, -0.1) is 0 Å². The van der Waals surface area contributed by atoms with Gasteiger partial charge in [-0.2, -0.15) is 17.0 Å². The van der Waals surface area contributed by atoms with Gasteiger partial charge in [-0.1, -0.05) is 19.1 Å². The third kappa shape index (κ3) is 2.80. The summed E-state index contributed by atoms with van der Waals surface area (Å²) in [5, 5.41) is 0. The molecule has 0 unspecified atom stereocenters. The predicted octanol–water partition coefficient (Wildman–Crippen LogP) is 1.60. The van der Waals surface area contributed by atoms with Crippen molar-refractivity contribution in [1.82, 2.24) is 8.61 Å². The van der Waals surface area contributed by atoms with Crippen LogP contribution in [0.4, 0.5) is 5.69 Å². The molecule has 0 saturated carbocycles. The van der Waals surface area contributed by atoms with E-state index in [1.807, 2.05) is 18.2 Å². The van der Waals surface area contributed by atoms with Crippen LogP contribution in [-0.2, 0) is 23.2 Å². The van der Waals surface area contributed by atoms with Crippen molar-refractivity contribution < 1.29 is 8.42 Å². The minimum absolute atomic E-state index is 0.399. The van der Waals surface area contributed by atoms with E-state index in [1.165, 1.54) is 5.56 Å². The van der Waals surface area contributed by atoms with Crippen molar-refractivity contribution in [3.05, 3.63) is 29.3 Å². The summed E-state index contributed by atoms with van der Waals surface area (Å²) in [4.78, 5) is 0. The van der Waals surface area contributed by atoms with Crippen LogP contribution in [0.3, 0.4) is 0 Å². The number of fused-ring (bicyclic) bond motifs is 1. The molecule has 2 aliphatic rings. The van der Waals surface area contributed by atoms with Crippen LogP contribution in [0.1, 0.15) is 30.9 Å². The SMILES string of the molecule is CC1CCN(S(=O)(=O)N2CCc3cccc(N)c3C2)CC1. The molecule has 116 valence electrons. The normalized spacial score (nSPS) is 22.1. The minimum atomic E-state index is -3.36. The van der Waals surface area contributed by atoms with Gasteiger partial charge in [0.2, 0.25) is 0 Å². The Labute approximate surface area is 126 Å². The van der Waals surface area contributed by atoms with Gasteiger partial charge in [-0.05, 0) is 42.4 Å². The van der Waals surface area contributed by atoms with E-state index < -0.39 is 10.2 Å². The quantitative estimate of drug-likeness (QED) is 0.844. The summed E-state index contributed by atoms with van der Waals surface area (Å²) in [5.41, 5.74) is 8.85. The van der Waals surface area contributed by atoms with Gasteiger partial charge in [0.25, 0.3) is 10.2 Å². The lowest BCUT2D eigenvalue weighted by molar-refractivity contribution is 0.260. The van der Waals surface area contributed by atoms with Gasteiger partial charge in [0.05, 0.1) is 0 Å². The lowest BCUT2D eigenvalue weighted by atomic mass is 10.00. The fourth-order valence-corrected chi connectivity index (χ4v) is 4.77. The Morgan fingerprint density at radius 3 is 2.57 bits per heavy atom. The van der Waals surface area contributed by atoms with Crippen LogP contribution < -0.4 is 5.73 Å². The van der Waals surface area contributed by atoms with Crippen molar-refractivity contribution in [2.24, 2.45) is 5.92 Å². The Morgan fingerprint density at radius 2 is 1.86 bits per heavy atom. The maximum Gasteiger partial charge on any atom is 0.282 e. The Hall–Kier alpha value is -1.11. The van der Waals surface area contributed by atoms with Crippen LogP contribution in [0.25, 0.3) is 0 Å². The summed E-state index contributed by atoms with van der Waals surface area (Å²) < 4.78 is 28.8. The molecule has 0 radical (unpaired) electrons. The van der Waals surface area contributed by atoms with E-state index in [-0.39, 0.29) is 0 Å². The molecule has 2 N–H and O–H groups in total. The maximum absolute atomic E-state index is 12.8. The number of piperidine rings is 1. The number of hydrogen-bond donors (Lipinski definition) is 1. The topological polar surface area (TPSA) is 66.6 Å². The van der Waals surface area contributed by atoms with Gasteiger partial charge in [0.1, 0.15) is 0 Å². The second-order valence-electron chi connectivity index (χ2n) is 6.16. The second kappa shape index (κ2) is 5.59. The van der Waals surface area contributed by atoms with Crippen LogP contribution in [0.2, 0.25) is 0 Å². The highest BCUT2D eigenvalue weighted by Gasteiger charge is 2.34. The summed E-state index contributed by atoms with van der Waals surface area (Å²) in [6.07, 6.45) is 2.64. The monoisotopic (exact) mass is 309 g/mol. The number of nitrogen functional groups attached to an aromatic ring is 1. The van der Waals surface area contributed by atoms with Crippen LogP contribution in [-0.4, -0.2) is 36.7 Å². The zero-order valence-corrected chi connectivity index (χ0v) is 13.3. The van der Waals surface area contributed by atoms with Crippen molar-refractivity contribution in [2.75, 3.05) is 25.4 Å². The molecule has 2 aliphatic heterocycles. The molecular formula is C15H23N3O2S. The fourth-order valence-electron chi connectivity index (χ4n) is 3.16. The molecular weight excluding hydrogens is 286 g/mol. The van der Waals surface area contributed by atoms with Gasteiger partial charge in [-0.3, -0.25) is 0 Å². The van der Waals surface area contributed by atoms with Crippen molar-refractivity contribution in [3.8, 4) is 0 Å². The first-order valence-corrected chi connectivity index (χ1v) is 8.99. The van der Waals surface area contributed by atoms with Gasteiger partial charge in [-0.25, -0.2) is 0 Å². The third-order valence-corrected chi connectivity index (χ3v) is 6.65. The predicted molar refractivity (Wildman–Crippen MR) is 83.9 cm³/mol. The van der Waals surface area contributed by atoms with Crippen molar-refractivity contribution in [1.29, 1.82) is 0 Å². The van der Waals surface area contributed by atoms with E-state index in [1.54, 1.807) is 8.61 Å². The van der Waals surface area contributed by atoms with Gasteiger partial charge < -0.3 is 5.73 Å². The van der Waals surface area contributed by atoms with E-state index in [4.69, 9.17) is 5.73 Å². The van der Waals surface area contributed by atoms with E-state index in [0.717, 1.165) is 24.8 Å². The Morgan fingerprint density at radius 1 is 1.14 bits per heavy atom. The summed E-state index contributed by atoms with van der Waals surface area (Å²) >= 11 is 0. The molecule has 0 atom stereocenters. The molecule has 1 aromatic carbocycles. The van der Waals surface area contributed by atoms with Crippen LogP contribution >= 0.6 is 0 Å². The molecule has 5 nitrogen and oxygen atoms in total.